The van der Waals surface area contributed by atoms with Crippen LogP contribution in [-0.4, -0.2) is 34.9 Å². The second-order valence-corrected chi connectivity index (χ2v) is 6.52. The molecule has 1 aromatic carbocycles. The minimum Gasteiger partial charge on any atom is -0.495 e. The molecule has 2 heterocycles. The van der Waals surface area contributed by atoms with E-state index in [1.165, 1.54) is 0 Å². The van der Waals surface area contributed by atoms with E-state index in [4.69, 9.17) is 22.1 Å². The van der Waals surface area contributed by atoms with Gasteiger partial charge in [-0.05, 0) is 18.2 Å². The van der Waals surface area contributed by atoms with Crippen molar-refractivity contribution in [1.29, 1.82) is 0 Å². The standard InChI is InChI=1S/C15H18ClN5OS.HI/c1-22-13-3-2-10(8-12(13)16)19-14(17)18-5-4-11-9-21-6-7-23-15(21)20-11;/h2-3,8-9H,4-7H2,1H3,(H3,17,18,19);1H. The summed E-state index contributed by atoms with van der Waals surface area (Å²) in [7, 11) is 1.58. The maximum Gasteiger partial charge on any atom is 0.193 e. The summed E-state index contributed by atoms with van der Waals surface area (Å²) >= 11 is 7.87. The molecule has 0 saturated carbocycles. The molecule has 0 atom stereocenters. The van der Waals surface area contributed by atoms with Gasteiger partial charge in [0.25, 0.3) is 0 Å². The van der Waals surface area contributed by atoms with E-state index >= 15 is 0 Å². The molecule has 0 radical (unpaired) electrons. The predicted molar refractivity (Wildman–Crippen MR) is 110 cm³/mol. The molecule has 0 fully saturated rings. The van der Waals surface area contributed by atoms with Crippen LogP contribution in [0.2, 0.25) is 5.02 Å². The van der Waals surface area contributed by atoms with Crippen LogP contribution in [0.1, 0.15) is 5.69 Å². The van der Waals surface area contributed by atoms with Crippen molar-refractivity contribution >= 4 is 59.0 Å². The van der Waals surface area contributed by atoms with Crippen molar-refractivity contribution in [1.82, 2.24) is 9.55 Å². The van der Waals surface area contributed by atoms with E-state index in [1.54, 1.807) is 31.0 Å². The highest BCUT2D eigenvalue weighted by Gasteiger charge is 2.13. The van der Waals surface area contributed by atoms with Gasteiger partial charge in [0.05, 0.1) is 17.8 Å². The lowest BCUT2D eigenvalue weighted by Crippen LogP contribution is -2.23. The summed E-state index contributed by atoms with van der Waals surface area (Å²) in [5.41, 5.74) is 7.72. The Morgan fingerprint density at radius 2 is 2.38 bits per heavy atom. The zero-order valence-corrected chi connectivity index (χ0v) is 17.1. The van der Waals surface area contributed by atoms with Crippen molar-refractivity contribution in [2.75, 3.05) is 24.7 Å². The van der Waals surface area contributed by atoms with Crippen molar-refractivity contribution in [2.45, 2.75) is 18.1 Å². The van der Waals surface area contributed by atoms with Crippen molar-refractivity contribution in [3.63, 3.8) is 0 Å². The average molecular weight is 480 g/mol. The Morgan fingerprint density at radius 1 is 1.54 bits per heavy atom. The fourth-order valence-electron chi connectivity index (χ4n) is 2.30. The number of anilines is 1. The molecule has 0 unspecified atom stereocenters. The van der Waals surface area contributed by atoms with Gasteiger partial charge in [-0.3, -0.25) is 4.99 Å². The van der Waals surface area contributed by atoms with Crippen molar-refractivity contribution in [2.24, 2.45) is 10.7 Å². The summed E-state index contributed by atoms with van der Waals surface area (Å²) in [5.74, 6) is 2.09. The molecule has 3 N–H and O–H groups in total. The molecule has 3 rings (SSSR count). The molecule has 0 amide bonds. The first-order valence-corrected chi connectivity index (χ1v) is 8.61. The number of aryl methyl sites for hydroxylation is 1. The van der Waals surface area contributed by atoms with Crippen LogP contribution < -0.4 is 15.8 Å². The molecule has 0 saturated heterocycles. The number of hydrogen-bond acceptors (Lipinski definition) is 4. The molecule has 24 heavy (non-hydrogen) atoms. The number of fused-ring (bicyclic) bond motifs is 1. The molecule has 2 aromatic rings. The van der Waals surface area contributed by atoms with Crippen molar-refractivity contribution < 1.29 is 4.74 Å². The highest BCUT2D eigenvalue weighted by atomic mass is 127. The quantitative estimate of drug-likeness (QED) is 0.391. The number of imidazole rings is 1. The zero-order valence-electron chi connectivity index (χ0n) is 13.2. The van der Waals surface area contributed by atoms with Crippen LogP contribution in [0.15, 0.2) is 34.5 Å². The Labute approximate surface area is 167 Å². The Bertz CT molecular complexity index is 715. The number of nitrogens with two attached hydrogens (primary N) is 1. The predicted octanol–water partition coefficient (Wildman–Crippen LogP) is 3.24. The van der Waals surface area contributed by atoms with Gasteiger partial charge in [-0.15, -0.1) is 24.0 Å². The monoisotopic (exact) mass is 479 g/mol. The summed E-state index contributed by atoms with van der Waals surface area (Å²) in [5, 5.41) is 4.64. The van der Waals surface area contributed by atoms with E-state index in [2.05, 4.69) is 26.1 Å². The fraction of sp³-hybridized carbons (Fsp3) is 0.333. The molecular weight excluding hydrogens is 461 g/mol. The van der Waals surface area contributed by atoms with Gasteiger partial charge in [-0.25, -0.2) is 4.98 Å². The van der Waals surface area contributed by atoms with Crippen LogP contribution in [0.5, 0.6) is 5.75 Å². The number of nitrogens with one attached hydrogen (secondary N) is 1. The van der Waals surface area contributed by atoms with Crippen LogP contribution in [0, 0.1) is 0 Å². The number of guanidine groups is 1. The second-order valence-electron chi connectivity index (χ2n) is 5.05. The molecule has 0 spiro atoms. The molecular formula is C15H19ClIN5OS. The Kier molecular flexibility index (Phi) is 7.05. The van der Waals surface area contributed by atoms with Crippen LogP contribution in [0.3, 0.4) is 0 Å². The van der Waals surface area contributed by atoms with E-state index in [9.17, 15) is 0 Å². The summed E-state index contributed by atoms with van der Waals surface area (Å²) in [4.78, 5) is 8.89. The number of hydrogen-bond donors (Lipinski definition) is 2. The van der Waals surface area contributed by atoms with Crippen molar-refractivity contribution in [3.8, 4) is 5.75 Å². The minimum absolute atomic E-state index is 0. The fourth-order valence-corrected chi connectivity index (χ4v) is 3.52. The third-order valence-electron chi connectivity index (χ3n) is 3.43. The first-order valence-electron chi connectivity index (χ1n) is 7.25. The van der Waals surface area contributed by atoms with Gasteiger partial charge in [0.2, 0.25) is 0 Å². The van der Waals surface area contributed by atoms with E-state index < -0.39 is 0 Å². The van der Waals surface area contributed by atoms with Gasteiger partial charge >= 0.3 is 0 Å². The Hall–Kier alpha value is -1.13. The Balaban J connectivity index is 0.00000208. The second kappa shape index (κ2) is 8.82. The van der Waals surface area contributed by atoms with Gasteiger partial charge in [-0.1, -0.05) is 23.4 Å². The average Bonchev–Trinajstić information content (AvgIpc) is 3.08. The summed E-state index contributed by atoms with van der Waals surface area (Å²) in [6, 6.07) is 5.37. The molecule has 0 aliphatic carbocycles. The summed E-state index contributed by atoms with van der Waals surface area (Å²) in [6.45, 7) is 1.63. The number of nitrogens with zero attached hydrogens (tertiary/aromatic N) is 3. The zero-order chi connectivity index (χ0) is 16.2. The number of benzene rings is 1. The topological polar surface area (TPSA) is 77.5 Å². The lowest BCUT2D eigenvalue weighted by Gasteiger charge is -2.08. The van der Waals surface area contributed by atoms with Gasteiger partial charge in [0.15, 0.2) is 11.1 Å². The van der Waals surface area contributed by atoms with Gasteiger partial charge in [-0.2, -0.15) is 0 Å². The summed E-state index contributed by atoms with van der Waals surface area (Å²) in [6.07, 6.45) is 2.87. The number of aliphatic imine (C=N–C) groups is 1. The molecule has 130 valence electrons. The van der Waals surface area contributed by atoms with Gasteiger partial charge in [0, 0.05) is 37.1 Å². The molecule has 1 aromatic heterocycles. The van der Waals surface area contributed by atoms with Crippen LogP contribution >= 0.6 is 47.3 Å². The SMILES string of the molecule is COc1ccc(NC(N)=NCCc2cn3c(n2)SCC3)cc1Cl.I. The minimum atomic E-state index is 0. The number of rotatable bonds is 5. The van der Waals surface area contributed by atoms with E-state index in [1.807, 2.05) is 6.07 Å². The molecule has 1 aliphatic rings. The number of aromatic nitrogens is 2. The third kappa shape index (κ3) is 4.70. The summed E-state index contributed by atoms with van der Waals surface area (Å²) < 4.78 is 7.30. The van der Waals surface area contributed by atoms with Gasteiger partial charge in [0.1, 0.15) is 5.75 Å². The largest absolute Gasteiger partial charge is 0.495 e. The molecule has 1 aliphatic heterocycles. The lowest BCUT2D eigenvalue weighted by atomic mass is 10.3. The molecule has 6 nitrogen and oxygen atoms in total. The number of thioether (sulfide) groups is 1. The van der Waals surface area contributed by atoms with Crippen LogP contribution in [-0.2, 0) is 13.0 Å². The van der Waals surface area contributed by atoms with E-state index in [0.717, 1.165) is 35.3 Å². The van der Waals surface area contributed by atoms with E-state index in [-0.39, 0.29) is 24.0 Å². The smallest absolute Gasteiger partial charge is 0.193 e. The van der Waals surface area contributed by atoms with E-state index in [0.29, 0.717) is 23.3 Å². The first-order chi connectivity index (χ1) is 11.2. The number of halogens is 2. The van der Waals surface area contributed by atoms with Gasteiger partial charge < -0.3 is 20.4 Å². The highest BCUT2D eigenvalue weighted by Crippen LogP contribution is 2.27. The molecule has 9 heteroatoms. The maximum absolute atomic E-state index is 6.08. The first kappa shape index (κ1) is 19.2. The lowest BCUT2D eigenvalue weighted by molar-refractivity contribution is 0.415. The van der Waals surface area contributed by atoms with Crippen LogP contribution in [0.4, 0.5) is 5.69 Å². The molecule has 0 bridgehead atoms. The Morgan fingerprint density at radius 3 is 3.08 bits per heavy atom. The normalized spacial score (nSPS) is 13.3. The van der Waals surface area contributed by atoms with Crippen LogP contribution in [0.25, 0.3) is 0 Å². The maximum atomic E-state index is 6.08. The highest BCUT2D eigenvalue weighted by molar-refractivity contribution is 14.0. The van der Waals surface area contributed by atoms with Crippen molar-refractivity contribution in [3.05, 3.63) is 35.1 Å². The number of ether oxygens (including phenoxy) is 1. The third-order valence-corrected chi connectivity index (χ3v) is 4.69. The number of methoxy groups -OCH3 is 1.